The normalized spacial score (nSPS) is 15.5. The summed E-state index contributed by atoms with van der Waals surface area (Å²) in [6, 6.07) is 10.8. The molecule has 0 atom stereocenters. The van der Waals surface area contributed by atoms with Gasteiger partial charge in [-0.05, 0) is 43.2 Å². The highest BCUT2D eigenvalue weighted by Crippen LogP contribution is 2.39. The summed E-state index contributed by atoms with van der Waals surface area (Å²) in [6.45, 7) is 1.16. The summed E-state index contributed by atoms with van der Waals surface area (Å²) in [5.74, 6) is 2.41. The summed E-state index contributed by atoms with van der Waals surface area (Å²) in [6.07, 6.45) is 1.64. The molecular weight excluding hydrogens is 336 g/mol. The Labute approximate surface area is 148 Å². The summed E-state index contributed by atoms with van der Waals surface area (Å²) in [4.78, 5) is 13.1. The second-order valence-corrected chi connectivity index (χ2v) is 6.19. The molecule has 0 radical (unpaired) electrons. The van der Waals surface area contributed by atoms with Crippen LogP contribution in [0, 0.1) is 0 Å². The minimum Gasteiger partial charge on any atom is -0.493 e. The fourth-order valence-corrected chi connectivity index (χ4v) is 3.23. The molecule has 0 saturated heterocycles. The second kappa shape index (κ2) is 5.98. The van der Waals surface area contributed by atoms with Gasteiger partial charge in [0, 0.05) is 5.56 Å². The standard InChI is InChI=1S/C20H16O6/c21-18-17-14-4-3-5-15(17)26-19(20(18)23-9-2-1-8-22-14)12-6-7-13-16(10-12)25-11-24-13/h3-7,10H,1-2,8-9,11H2. The molecule has 2 aliphatic heterocycles. The Morgan fingerprint density at radius 2 is 1.65 bits per heavy atom. The lowest BCUT2D eigenvalue weighted by Gasteiger charge is -2.16. The van der Waals surface area contributed by atoms with Gasteiger partial charge in [-0.1, -0.05) is 6.07 Å². The fourth-order valence-electron chi connectivity index (χ4n) is 3.23. The van der Waals surface area contributed by atoms with Gasteiger partial charge in [0.25, 0.3) is 0 Å². The molecule has 26 heavy (non-hydrogen) atoms. The monoisotopic (exact) mass is 352 g/mol. The van der Waals surface area contributed by atoms with Gasteiger partial charge in [-0.3, -0.25) is 4.79 Å². The van der Waals surface area contributed by atoms with Crippen LogP contribution in [-0.2, 0) is 0 Å². The van der Waals surface area contributed by atoms with Crippen LogP contribution < -0.4 is 24.4 Å². The lowest BCUT2D eigenvalue weighted by atomic mass is 10.1. The smallest absolute Gasteiger partial charge is 0.239 e. The molecule has 2 aliphatic rings. The Morgan fingerprint density at radius 1 is 0.808 bits per heavy atom. The van der Waals surface area contributed by atoms with Crippen LogP contribution in [-0.4, -0.2) is 20.0 Å². The van der Waals surface area contributed by atoms with Crippen LogP contribution in [0.2, 0.25) is 0 Å². The zero-order valence-electron chi connectivity index (χ0n) is 13.9. The van der Waals surface area contributed by atoms with E-state index in [0.29, 0.717) is 52.8 Å². The molecule has 0 spiro atoms. The van der Waals surface area contributed by atoms with Crippen molar-refractivity contribution in [3.63, 3.8) is 0 Å². The van der Waals surface area contributed by atoms with Crippen LogP contribution in [0.15, 0.2) is 45.6 Å². The molecule has 3 aromatic rings. The van der Waals surface area contributed by atoms with E-state index in [2.05, 4.69) is 0 Å². The Morgan fingerprint density at radius 3 is 2.58 bits per heavy atom. The first-order valence-corrected chi connectivity index (χ1v) is 8.57. The first-order valence-electron chi connectivity index (χ1n) is 8.57. The van der Waals surface area contributed by atoms with Crippen molar-refractivity contribution in [2.75, 3.05) is 20.0 Å². The molecule has 1 aromatic heterocycles. The predicted molar refractivity (Wildman–Crippen MR) is 94.3 cm³/mol. The average molecular weight is 352 g/mol. The maximum Gasteiger partial charge on any atom is 0.239 e. The summed E-state index contributed by atoms with van der Waals surface area (Å²) >= 11 is 0. The summed E-state index contributed by atoms with van der Waals surface area (Å²) in [5, 5.41) is 0.411. The topological polar surface area (TPSA) is 67.1 Å². The van der Waals surface area contributed by atoms with Crippen molar-refractivity contribution in [1.29, 1.82) is 0 Å². The van der Waals surface area contributed by atoms with Crippen LogP contribution in [0.4, 0.5) is 0 Å². The molecule has 3 heterocycles. The summed E-state index contributed by atoms with van der Waals surface area (Å²) < 4.78 is 28.5. The van der Waals surface area contributed by atoms with E-state index in [1.165, 1.54) is 0 Å². The van der Waals surface area contributed by atoms with E-state index in [-0.39, 0.29) is 18.0 Å². The zero-order valence-corrected chi connectivity index (χ0v) is 13.9. The minimum absolute atomic E-state index is 0.185. The highest BCUT2D eigenvalue weighted by molar-refractivity contribution is 5.87. The number of fused-ring (bicyclic) bond motifs is 2. The number of rotatable bonds is 1. The first-order chi connectivity index (χ1) is 12.8. The molecule has 6 nitrogen and oxygen atoms in total. The van der Waals surface area contributed by atoms with E-state index in [4.69, 9.17) is 23.4 Å². The van der Waals surface area contributed by atoms with Crippen LogP contribution in [0.25, 0.3) is 22.3 Å². The summed E-state index contributed by atoms with van der Waals surface area (Å²) in [5.41, 5.74) is 0.941. The number of benzene rings is 2. The first kappa shape index (κ1) is 15.1. The number of ether oxygens (including phenoxy) is 4. The average Bonchev–Trinajstić information content (AvgIpc) is 3.13. The number of hydrogen-bond acceptors (Lipinski definition) is 6. The lowest BCUT2D eigenvalue weighted by molar-refractivity contribution is 0.174. The van der Waals surface area contributed by atoms with Gasteiger partial charge in [-0.25, -0.2) is 0 Å². The Hall–Kier alpha value is -3.15. The molecule has 0 unspecified atom stereocenters. The van der Waals surface area contributed by atoms with Crippen LogP contribution >= 0.6 is 0 Å². The van der Waals surface area contributed by atoms with Crippen molar-refractivity contribution in [2.45, 2.75) is 12.8 Å². The zero-order chi connectivity index (χ0) is 17.5. The number of hydrogen-bond donors (Lipinski definition) is 0. The van der Waals surface area contributed by atoms with E-state index in [9.17, 15) is 4.79 Å². The summed E-state index contributed by atoms with van der Waals surface area (Å²) in [7, 11) is 0. The van der Waals surface area contributed by atoms with Crippen molar-refractivity contribution in [3.05, 3.63) is 46.6 Å². The Bertz CT molecular complexity index is 1050. The molecular formula is C20H16O6. The highest BCUT2D eigenvalue weighted by atomic mass is 16.7. The highest BCUT2D eigenvalue weighted by Gasteiger charge is 2.23. The molecule has 5 rings (SSSR count). The van der Waals surface area contributed by atoms with Gasteiger partial charge >= 0.3 is 0 Å². The van der Waals surface area contributed by atoms with Crippen molar-refractivity contribution in [2.24, 2.45) is 0 Å². The van der Waals surface area contributed by atoms with E-state index >= 15 is 0 Å². The Kier molecular flexibility index (Phi) is 3.48. The Balaban J connectivity index is 1.77. The van der Waals surface area contributed by atoms with Crippen LogP contribution in [0.1, 0.15) is 12.8 Å². The van der Waals surface area contributed by atoms with E-state index in [0.717, 1.165) is 12.8 Å². The third-order valence-electron chi connectivity index (χ3n) is 4.52. The van der Waals surface area contributed by atoms with Gasteiger partial charge in [0.2, 0.25) is 18.0 Å². The molecule has 0 fully saturated rings. The van der Waals surface area contributed by atoms with E-state index in [1.54, 1.807) is 24.3 Å². The third kappa shape index (κ3) is 2.37. The van der Waals surface area contributed by atoms with Crippen molar-refractivity contribution in [1.82, 2.24) is 0 Å². The molecule has 2 bridgehead atoms. The van der Waals surface area contributed by atoms with Gasteiger partial charge in [-0.15, -0.1) is 0 Å². The molecule has 0 aliphatic carbocycles. The van der Waals surface area contributed by atoms with E-state index < -0.39 is 0 Å². The SMILES string of the molecule is O=c1c2c(-c3ccc4c(c3)OCO4)oc3cccc(c13)OCCCCO2. The maximum atomic E-state index is 13.1. The molecule has 132 valence electrons. The second-order valence-electron chi connectivity index (χ2n) is 6.19. The van der Waals surface area contributed by atoms with Gasteiger partial charge in [0.15, 0.2) is 17.3 Å². The predicted octanol–water partition coefficient (Wildman–Crippen LogP) is 3.74. The van der Waals surface area contributed by atoms with Crippen LogP contribution in [0.5, 0.6) is 23.0 Å². The quantitative estimate of drug-likeness (QED) is 0.665. The molecule has 6 heteroatoms. The fraction of sp³-hybridized carbons (Fsp3) is 0.250. The van der Waals surface area contributed by atoms with E-state index in [1.807, 2.05) is 12.1 Å². The van der Waals surface area contributed by atoms with Gasteiger partial charge in [0.1, 0.15) is 16.7 Å². The van der Waals surface area contributed by atoms with Crippen LogP contribution in [0.3, 0.4) is 0 Å². The largest absolute Gasteiger partial charge is 0.493 e. The molecule has 0 saturated carbocycles. The lowest BCUT2D eigenvalue weighted by Crippen LogP contribution is -2.14. The molecule has 2 aromatic carbocycles. The molecule has 0 N–H and O–H groups in total. The van der Waals surface area contributed by atoms with Gasteiger partial charge in [-0.2, -0.15) is 0 Å². The maximum absolute atomic E-state index is 13.1. The van der Waals surface area contributed by atoms with Gasteiger partial charge in [0.05, 0.1) is 13.2 Å². The third-order valence-corrected chi connectivity index (χ3v) is 4.52. The van der Waals surface area contributed by atoms with Crippen molar-refractivity contribution in [3.8, 4) is 34.3 Å². The minimum atomic E-state index is -0.226. The van der Waals surface area contributed by atoms with Crippen molar-refractivity contribution >= 4 is 11.0 Å². The molecule has 0 amide bonds. The van der Waals surface area contributed by atoms with Crippen molar-refractivity contribution < 1.29 is 23.4 Å². The van der Waals surface area contributed by atoms with Gasteiger partial charge < -0.3 is 23.4 Å².